The van der Waals surface area contributed by atoms with Gasteiger partial charge in [0.05, 0.1) is 12.7 Å². The number of hydrogen-bond acceptors (Lipinski definition) is 3. The minimum atomic E-state index is -0.957. The summed E-state index contributed by atoms with van der Waals surface area (Å²) in [7, 11) is 0. The van der Waals surface area contributed by atoms with Gasteiger partial charge in [-0.25, -0.2) is 14.8 Å². The summed E-state index contributed by atoms with van der Waals surface area (Å²) in [6, 6.07) is 0. The number of hydrogen-bond donors (Lipinski definition) is 1. The number of halogens is 1. The number of carbonyl (C=O) groups is 1. The van der Waals surface area contributed by atoms with E-state index in [9.17, 15) is 4.79 Å². The Bertz CT molecular complexity index is 378. The first-order valence-corrected chi connectivity index (χ1v) is 3.97. The highest BCUT2D eigenvalue weighted by atomic mass is 35.5. The summed E-state index contributed by atoms with van der Waals surface area (Å²) in [5.41, 5.74) is 0. The van der Waals surface area contributed by atoms with Crippen molar-refractivity contribution in [3.63, 3.8) is 0 Å². The quantitative estimate of drug-likeness (QED) is 0.837. The summed E-state index contributed by atoms with van der Waals surface area (Å²) in [5, 5.41) is 9.02. The molecule has 0 saturated carbocycles. The third kappa shape index (κ3) is 2.16. The third-order valence-electron chi connectivity index (χ3n) is 1.84. The fourth-order valence-corrected chi connectivity index (χ4v) is 1.24. The Morgan fingerprint density at radius 3 is 1.87 bits per heavy atom. The highest BCUT2D eigenvalue weighted by Gasteiger charge is 2.19. The van der Waals surface area contributed by atoms with Gasteiger partial charge in [0.2, 0.25) is 6.17 Å². The normalized spacial score (nSPS) is 9.93. The molecule has 0 bridgehead atoms. The van der Waals surface area contributed by atoms with Crippen molar-refractivity contribution in [2.75, 3.05) is 0 Å². The number of rotatable bonds is 3. The molecular formula is C8H9ClN4O2. The standard InChI is InChI=1S/C8H8N4O2.ClH/c13-8(14)7(11-3-1-9-5-11)12-4-2-10-6-12;/h1-7H,(H,13,14);1H. The van der Waals surface area contributed by atoms with Crippen molar-refractivity contribution in [1.29, 1.82) is 0 Å². The highest BCUT2D eigenvalue weighted by molar-refractivity contribution is 5.85. The molecule has 0 radical (unpaired) electrons. The van der Waals surface area contributed by atoms with Crippen LogP contribution >= 0.6 is 12.4 Å². The summed E-state index contributed by atoms with van der Waals surface area (Å²) in [4.78, 5) is 18.6. The van der Waals surface area contributed by atoms with Gasteiger partial charge in [-0.1, -0.05) is 0 Å². The van der Waals surface area contributed by atoms with E-state index in [1.807, 2.05) is 0 Å². The van der Waals surface area contributed by atoms with Gasteiger partial charge in [-0.3, -0.25) is 0 Å². The minimum absolute atomic E-state index is 0. The van der Waals surface area contributed by atoms with E-state index in [1.165, 1.54) is 34.2 Å². The molecule has 0 spiro atoms. The zero-order chi connectivity index (χ0) is 9.97. The van der Waals surface area contributed by atoms with Gasteiger partial charge in [0, 0.05) is 24.8 Å². The maximum Gasteiger partial charge on any atom is 0.348 e. The molecule has 0 unspecified atom stereocenters. The van der Waals surface area contributed by atoms with E-state index in [-0.39, 0.29) is 12.4 Å². The largest absolute Gasteiger partial charge is 0.478 e. The first kappa shape index (κ1) is 11.3. The molecule has 7 heteroatoms. The highest BCUT2D eigenvalue weighted by Crippen LogP contribution is 2.08. The average Bonchev–Trinajstić information content (AvgIpc) is 2.75. The second-order valence-electron chi connectivity index (χ2n) is 2.73. The van der Waals surface area contributed by atoms with Gasteiger partial charge in [0.15, 0.2) is 0 Å². The van der Waals surface area contributed by atoms with Crippen LogP contribution in [0, 0.1) is 0 Å². The molecule has 0 aromatic carbocycles. The monoisotopic (exact) mass is 228 g/mol. The predicted molar refractivity (Wildman–Crippen MR) is 53.8 cm³/mol. The summed E-state index contributed by atoms with van der Waals surface area (Å²) < 4.78 is 2.98. The van der Waals surface area contributed by atoms with Gasteiger partial charge in [0.25, 0.3) is 0 Å². The van der Waals surface area contributed by atoms with Crippen molar-refractivity contribution in [1.82, 2.24) is 19.1 Å². The zero-order valence-electron chi connectivity index (χ0n) is 7.59. The molecule has 0 fully saturated rings. The molecular weight excluding hydrogens is 220 g/mol. The van der Waals surface area contributed by atoms with Crippen molar-refractivity contribution in [2.24, 2.45) is 0 Å². The molecule has 2 rings (SSSR count). The summed E-state index contributed by atoms with van der Waals surface area (Å²) in [6.07, 6.45) is 8.36. The number of imidazole rings is 2. The van der Waals surface area contributed by atoms with Crippen LogP contribution in [0.5, 0.6) is 0 Å². The van der Waals surface area contributed by atoms with Crippen molar-refractivity contribution >= 4 is 18.4 Å². The molecule has 6 nitrogen and oxygen atoms in total. The van der Waals surface area contributed by atoms with E-state index in [0.717, 1.165) is 0 Å². The van der Waals surface area contributed by atoms with E-state index >= 15 is 0 Å². The second kappa shape index (κ2) is 4.61. The Morgan fingerprint density at radius 2 is 1.60 bits per heavy atom. The van der Waals surface area contributed by atoms with E-state index in [4.69, 9.17) is 5.11 Å². The Kier molecular flexibility index (Phi) is 3.46. The lowest BCUT2D eigenvalue weighted by Crippen LogP contribution is -2.24. The molecule has 0 amide bonds. The van der Waals surface area contributed by atoms with E-state index in [0.29, 0.717) is 0 Å². The maximum atomic E-state index is 11.0. The van der Waals surface area contributed by atoms with Crippen LogP contribution in [0.25, 0.3) is 0 Å². The minimum Gasteiger partial charge on any atom is -0.478 e. The molecule has 0 saturated heterocycles. The number of nitrogens with zero attached hydrogens (tertiary/aromatic N) is 4. The van der Waals surface area contributed by atoms with Crippen molar-refractivity contribution < 1.29 is 9.90 Å². The Labute approximate surface area is 91.6 Å². The average molecular weight is 229 g/mol. The Hall–Kier alpha value is -1.82. The van der Waals surface area contributed by atoms with Gasteiger partial charge < -0.3 is 14.2 Å². The molecule has 2 aromatic heterocycles. The van der Waals surface area contributed by atoms with Crippen molar-refractivity contribution in [2.45, 2.75) is 6.17 Å². The van der Waals surface area contributed by atoms with Crippen molar-refractivity contribution in [3.8, 4) is 0 Å². The lowest BCUT2D eigenvalue weighted by Gasteiger charge is -2.14. The van der Waals surface area contributed by atoms with Crippen LogP contribution in [0.2, 0.25) is 0 Å². The first-order valence-electron chi connectivity index (χ1n) is 3.97. The van der Waals surface area contributed by atoms with Gasteiger partial charge in [-0.05, 0) is 0 Å². The Balaban J connectivity index is 0.00000112. The number of aliphatic carboxylic acids is 1. The van der Waals surface area contributed by atoms with Gasteiger partial charge in [-0.2, -0.15) is 0 Å². The van der Waals surface area contributed by atoms with Crippen LogP contribution in [0.4, 0.5) is 0 Å². The number of carboxylic acids is 1. The van der Waals surface area contributed by atoms with Crippen LogP contribution in [0.3, 0.4) is 0 Å². The van der Waals surface area contributed by atoms with Crippen LogP contribution in [-0.4, -0.2) is 30.2 Å². The molecule has 80 valence electrons. The summed E-state index contributed by atoms with van der Waals surface area (Å²) >= 11 is 0. The second-order valence-corrected chi connectivity index (χ2v) is 2.73. The lowest BCUT2D eigenvalue weighted by molar-refractivity contribution is -0.141. The SMILES string of the molecule is Cl.O=C(O)C(n1ccnc1)n1ccnc1. The molecule has 0 atom stereocenters. The topological polar surface area (TPSA) is 72.9 Å². The summed E-state index contributed by atoms with van der Waals surface area (Å²) in [5.74, 6) is -0.957. The van der Waals surface area contributed by atoms with Crippen LogP contribution in [0.1, 0.15) is 6.17 Å². The molecule has 0 aliphatic heterocycles. The van der Waals surface area contributed by atoms with Crippen molar-refractivity contribution in [3.05, 3.63) is 37.4 Å². The van der Waals surface area contributed by atoms with Crippen LogP contribution in [-0.2, 0) is 4.79 Å². The molecule has 2 aromatic rings. The Morgan fingerprint density at radius 1 is 1.13 bits per heavy atom. The molecule has 15 heavy (non-hydrogen) atoms. The number of carboxylic acid groups (broad SMARTS) is 1. The summed E-state index contributed by atoms with van der Waals surface area (Å²) in [6.45, 7) is 0. The fourth-order valence-electron chi connectivity index (χ4n) is 1.24. The van der Waals surface area contributed by atoms with E-state index < -0.39 is 12.1 Å². The van der Waals surface area contributed by atoms with Gasteiger partial charge in [-0.15, -0.1) is 12.4 Å². The smallest absolute Gasteiger partial charge is 0.348 e. The fraction of sp³-hybridized carbons (Fsp3) is 0.125. The van der Waals surface area contributed by atoms with Gasteiger partial charge >= 0.3 is 5.97 Å². The van der Waals surface area contributed by atoms with E-state index in [1.54, 1.807) is 12.4 Å². The van der Waals surface area contributed by atoms with Gasteiger partial charge in [0.1, 0.15) is 0 Å². The molecule has 0 aliphatic rings. The lowest BCUT2D eigenvalue weighted by atomic mass is 10.5. The van der Waals surface area contributed by atoms with Crippen LogP contribution < -0.4 is 0 Å². The maximum absolute atomic E-state index is 11.0. The predicted octanol–water partition coefficient (Wildman–Crippen LogP) is 0.633. The number of aromatic nitrogens is 4. The van der Waals surface area contributed by atoms with Crippen LogP contribution in [0.15, 0.2) is 37.4 Å². The molecule has 0 aliphatic carbocycles. The first-order chi connectivity index (χ1) is 6.79. The zero-order valence-corrected chi connectivity index (χ0v) is 8.41. The van der Waals surface area contributed by atoms with E-state index in [2.05, 4.69) is 9.97 Å². The molecule has 2 heterocycles. The third-order valence-corrected chi connectivity index (χ3v) is 1.84. The molecule has 1 N–H and O–H groups in total.